The summed E-state index contributed by atoms with van der Waals surface area (Å²) in [7, 11) is 0. The maximum atomic E-state index is 13.9. The van der Waals surface area contributed by atoms with Crippen LogP contribution in [0, 0.1) is 18.6 Å². The van der Waals surface area contributed by atoms with Crippen molar-refractivity contribution in [1.29, 1.82) is 0 Å². The van der Waals surface area contributed by atoms with Crippen LogP contribution in [0.2, 0.25) is 0 Å². The zero-order chi connectivity index (χ0) is 19.6. The molecule has 0 fully saturated rings. The van der Waals surface area contributed by atoms with Crippen molar-refractivity contribution in [3.63, 3.8) is 0 Å². The second-order valence-electron chi connectivity index (χ2n) is 5.56. The first kappa shape index (κ1) is 18.2. The normalized spacial score (nSPS) is 10.6. The van der Waals surface area contributed by atoms with Crippen LogP contribution in [-0.4, -0.2) is 33.0 Å². The molecule has 140 valence electrons. The van der Waals surface area contributed by atoms with E-state index in [4.69, 9.17) is 14.6 Å². The zero-order valence-electron chi connectivity index (χ0n) is 14.0. The van der Waals surface area contributed by atoms with Gasteiger partial charge in [-0.2, -0.15) is 5.10 Å². The average Bonchev–Trinajstić information content (AvgIpc) is 2.96. The van der Waals surface area contributed by atoms with Crippen LogP contribution in [0.5, 0.6) is 23.0 Å². The van der Waals surface area contributed by atoms with Crippen LogP contribution in [0.3, 0.4) is 0 Å². The fourth-order valence-corrected chi connectivity index (χ4v) is 2.34. The number of carbonyl (C=O) groups is 1. The number of rotatable bonds is 6. The van der Waals surface area contributed by atoms with Crippen LogP contribution in [-0.2, 0) is 4.79 Å². The third kappa shape index (κ3) is 3.97. The van der Waals surface area contributed by atoms with Crippen molar-refractivity contribution in [3.8, 4) is 34.3 Å². The monoisotopic (exact) mass is 376 g/mol. The molecule has 3 N–H and O–H groups in total. The standard InChI is InChI=1S/C18H14F2N2O5/c1-9-18(27-15-5-2-10(19)6-13(15)20)17(22-21-9)12-4-3-11(7-14(12)23)26-8-16(24)25/h2-7,23H,8H2,1H3,(H,21,22)(H,24,25). The molecule has 0 atom stereocenters. The summed E-state index contributed by atoms with van der Waals surface area (Å²) in [5.74, 6) is -2.93. The van der Waals surface area contributed by atoms with E-state index in [0.29, 0.717) is 11.8 Å². The van der Waals surface area contributed by atoms with Crippen molar-refractivity contribution >= 4 is 5.97 Å². The first-order valence-corrected chi connectivity index (χ1v) is 7.71. The minimum Gasteiger partial charge on any atom is -0.507 e. The molecule has 0 saturated carbocycles. The van der Waals surface area contributed by atoms with E-state index in [2.05, 4.69) is 10.2 Å². The first-order chi connectivity index (χ1) is 12.8. The molecule has 3 aromatic rings. The number of ether oxygens (including phenoxy) is 2. The van der Waals surface area contributed by atoms with Crippen LogP contribution in [0.1, 0.15) is 5.69 Å². The molecule has 3 rings (SSSR count). The maximum Gasteiger partial charge on any atom is 0.341 e. The highest BCUT2D eigenvalue weighted by atomic mass is 19.1. The van der Waals surface area contributed by atoms with E-state index < -0.39 is 24.2 Å². The summed E-state index contributed by atoms with van der Waals surface area (Å²) in [5.41, 5.74) is 0.900. The van der Waals surface area contributed by atoms with Gasteiger partial charge in [-0.1, -0.05) is 0 Å². The quantitative estimate of drug-likeness (QED) is 0.607. The lowest BCUT2D eigenvalue weighted by atomic mass is 10.1. The molecule has 0 bridgehead atoms. The van der Waals surface area contributed by atoms with Crippen LogP contribution in [0.4, 0.5) is 8.78 Å². The van der Waals surface area contributed by atoms with Gasteiger partial charge in [0.1, 0.15) is 23.0 Å². The highest BCUT2D eigenvalue weighted by molar-refractivity contribution is 5.74. The Labute approximate surface area is 151 Å². The molecular formula is C18H14F2N2O5. The van der Waals surface area contributed by atoms with Crippen molar-refractivity contribution in [2.45, 2.75) is 6.92 Å². The number of carboxylic acids is 1. The summed E-state index contributed by atoms with van der Waals surface area (Å²) in [6.07, 6.45) is 0. The first-order valence-electron chi connectivity index (χ1n) is 7.71. The zero-order valence-corrected chi connectivity index (χ0v) is 14.0. The van der Waals surface area contributed by atoms with E-state index in [0.717, 1.165) is 12.1 Å². The number of nitrogens with one attached hydrogen (secondary N) is 1. The van der Waals surface area contributed by atoms with Gasteiger partial charge in [-0.25, -0.2) is 13.6 Å². The van der Waals surface area contributed by atoms with Crippen molar-refractivity contribution in [2.75, 3.05) is 6.61 Å². The SMILES string of the molecule is Cc1[nH]nc(-c2ccc(OCC(=O)O)cc2O)c1Oc1ccc(F)cc1F. The van der Waals surface area contributed by atoms with E-state index in [9.17, 15) is 18.7 Å². The Morgan fingerprint density at radius 2 is 2.00 bits per heavy atom. The van der Waals surface area contributed by atoms with E-state index in [1.165, 1.54) is 18.2 Å². The minimum absolute atomic E-state index is 0.148. The van der Waals surface area contributed by atoms with E-state index in [-0.39, 0.29) is 34.3 Å². The van der Waals surface area contributed by atoms with Crippen LogP contribution in [0.15, 0.2) is 36.4 Å². The van der Waals surface area contributed by atoms with E-state index in [1.807, 2.05) is 0 Å². The predicted molar refractivity (Wildman–Crippen MR) is 90.0 cm³/mol. The number of aliphatic carboxylic acids is 1. The molecule has 7 nitrogen and oxygen atoms in total. The average molecular weight is 376 g/mol. The van der Waals surface area contributed by atoms with Gasteiger partial charge in [0, 0.05) is 17.7 Å². The second kappa shape index (κ2) is 7.32. The van der Waals surface area contributed by atoms with Crippen LogP contribution in [0.25, 0.3) is 11.3 Å². The number of H-pyrrole nitrogens is 1. The number of halogens is 2. The number of carboxylic acid groups (broad SMARTS) is 1. The number of benzene rings is 2. The molecule has 0 saturated heterocycles. The molecular weight excluding hydrogens is 362 g/mol. The summed E-state index contributed by atoms with van der Waals surface area (Å²) >= 11 is 0. The molecule has 9 heteroatoms. The number of aromatic amines is 1. The van der Waals surface area contributed by atoms with Gasteiger partial charge in [0.25, 0.3) is 0 Å². The molecule has 1 heterocycles. The van der Waals surface area contributed by atoms with Gasteiger partial charge in [0.2, 0.25) is 0 Å². The van der Waals surface area contributed by atoms with E-state index >= 15 is 0 Å². The highest BCUT2D eigenvalue weighted by Gasteiger charge is 2.19. The Morgan fingerprint density at radius 3 is 2.67 bits per heavy atom. The van der Waals surface area contributed by atoms with E-state index in [1.54, 1.807) is 6.92 Å². The van der Waals surface area contributed by atoms with Gasteiger partial charge >= 0.3 is 5.97 Å². The number of aromatic hydroxyl groups is 1. The number of nitrogens with zero attached hydrogens (tertiary/aromatic N) is 1. The summed E-state index contributed by atoms with van der Waals surface area (Å²) in [5, 5.41) is 25.6. The summed E-state index contributed by atoms with van der Waals surface area (Å²) in [6, 6.07) is 7.02. The number of aromatic nitrogens is 2. The predicted octanol–water partition coefficient (Wildman–Crippen LogP) is 3.62. The van der Waals surface area contributed by atoms with Crippen molar-refractivity contribution < 1.29 is 33.3 Å². The van der Waals surface area contributed by atoms with Gasteiger partial charge < -0.3 is 19.7 Å². The summed E-state index contributed by atoms with van der Waals surface area (Å²) in [4.78, 5) is 10.5. The summed E-state index contributed by atoms with van der Waals surface area (Å²) in [6.45, 7) is 1.08. The molecule has 0 unspecified atom stereocenters. The molecule has 0 spiro atoms. The Morgan fingerprint density at radius 1 is 1.22 bits per heavy atom. The Hall–Kier alpha value is -3.62. The van der Waals surface area contributed by atoms with Gasteiger partial charge in [-0.3, -0.25) is 5.10 Å². The third-order valence-electron chi connectivity index (χ3n) is 3.58. The molecule has 1 aromatic heterocycles. The minimum atomic E-state index is -1.15. The lowest BCUT2D eigenvalue weighted by Crippen LogP contribution is -2.09. The molecule has 27 heavy (non-hydrogen) atoms. The number of hydrogen-bond donors (Lipinski definition) is 3. The lowest BCUT2D eigenvalue weighted by molar-refractivity contribution is -0.139. The fraction of sp³-hybridized carbons (Fsp3) is 0.111. The Kier molecular flexibility index (Phi) is 4.93. The van der Waals surface area contributed by atoms with Gasteiger partial charge in [-0.05, 0) is 31.2 Å². The van der Waals surface area contributed by atoms with Gasteiger partial charge in [0.05, 0.1) is 5.69 Å². The Balaban J connectivity index is 1.93. The molecule has 0 radical (unpaired) electrons. The third-order valence-corrected chi connectivity index (χ3v) is 3.58. The van der Waals surface area contributed by atoms with Crippen molar-refractivity contribution in [1.82, 2.24) is 10.2 Å². The number of phenolic OH excluding ortho intramolecular Hbond substituents is 1. The number of aryl methyl sites for hydroxylation is 1. The molecule has 2 aromatic carbocycles. The largest absolute Gasteiger partial charge is 0.507 e. The topological polar surface area (TPSA) is 105 Å². The molecule has 0 aliphatic heterocycles. The van der Waals surface area contributed by atoms with Crippen molar-refractivity contribution in [2.24, 2.45) is 0 Å². The number of hydrogen-bond acceptors (Lipinski definition) is 5. The van der Waals surface area contributed by atoms with Gasteiger partial charge in [-0.15, -0.1) is 0 Å². The smallest absolute Gasteiger partial charge is 0.341 e. The maximum absolute atomic E-state index is 13.9. The summed E-state index contributed by atoms with van der Waals surface area (Å²) < 4.78 is 37.5. The second-order valence-corrected chi connectivity index (χ2v) is 5.56. The van der Waals surface area contributed by atoms with Crippen LogP contribution < -0.4 is 9.47 Å². The van der Waals surface area contributed by atoms with Crippen molar-refractivity contribution in [3.05, 3.63) is 53.7 Å². The molecule has 0 aliphatic rings. The molecule has 0 aliphatic carbocycles. The Bertz CT molecular complexity index is 1000. The van der Waals surface area contributed by atoms with Crippen LogP contribution >= 0.6 is 0 Å². The fourth-order valence-electron chi connectivity index (χ4n) is 2.34. The number of phenols is 1. The lowest BCUT2D eigenvalue weighted by Gasteiger charge is -2.10. The molecule has 0 amide bonds. The van der Waals surface area contributed by atoms with Gasteiger partial charge in [0.15, 0.2) is 23.9 Å². The highest BCUT2D eigenvalue weighted by Crippen LogP contribution is 2.40.